The van der Waals surface area contributed by atoms with E-state index >= 15 is 0 Å². The normalized spacial score (nSPS) is 17.6. The van der Waals surface area contributed by atoms with Crippen LogP contribution in [0.4, 0.5) is 4.79 Å². The summed E-state index contributed by atoms with van der Waals surface area (Å²) in [6, 6.07) is -3.57. The van der Waals surface area contributed by atoms with Crippen LogP contribution in [0.25, 0.3) is 0 Å². The van der Waals surface area contributed by atoms with Gasteiger partial charge in [-0.1, -0.05) is 74.3 Å². The number of nitrogens with zero attached hydrogens (tertiary/aromatic N) is 2. The van der Waals surface area contributed by atoms with Gasteiger partial charge in [0.1, 0.15) is 18.1 Å². The fourth-order valence-corrected chi connectivity index (χ4v) is 5.28. The molecule has 0 saturated heterocycles. The summed E-state index contributed by atoms with van der Waals surface area (Å²) < 4.78 is 0. The molecule has 12 heteroatoms. The van der Waals surface area contributed by atoms with E-state index < -0.39 is 53.1 Å². The number of primary amides is 1. The van der Waals surface area contributed by atoms with E-state index in [1.54, 1.807) is 24.9 Å². The average Bonchev–Trinajstić information content (AvgIpc) is 3.77. The van der Waals surface area contributed by atoms with Crippen LogP contribution in [0.1, 0.15) is 107 Å². The van der Waals surface area contributed by atoms with E-state index in [2.05, 4.69) is 29.8 Å². The van der Waals surface area contributed by atoms with Crippen LogP contribution in [0.5, 0.6) is 0 Å². The third-order valence-corrected chi connectivity index (χ3v) is 9.61. The first-order valence-corrected chi connectivity index (χ1v) is 17.2. The van der Waals surface area contributed by atoms with E-state index in [4.69, 9.17) is 5.73 Å². The van der Waals surface area contributed by atoms with Gasteiger partial charge in [-0.25, -0.2) is 4.79 Å². The van der Waals surface area contributed by atoms with E-state index in [0.29, 0.717) is 18.9 Å². The Morgan fingerprint density at radius 1 is 0.915 bits per heavy atom. The molecule has 266 valence electrons. The fraction of sp³-hybridized carbons (Fsp3) is 0.771. The lowest BCUT2D eigenvalue weighted by molar-refractivity contribution is -0.143. The summed E-state index contributed by atoms with van der Waals surface area (Å²) in [7, 11) is 1.74. The summed E-state index contributed by atoms with van der Waals surface area (Å²) in [6.07, 6.45) is 7.81. The predicted molar refractivity (Wildman–Crippen MR) is 182 cm³/mol. The SMILES string of the molecule is CCC(C)(C)CCN(C(=O)[C@@H](NC(=O)N[C@H](C(=O)N(C)CC1CC1)C(C)C)C(C)(C)C)[C@@H](C)C(=O)N/C(=C/C1CCC1)C(=O)C(N)=O. The average molecular weight is 661 g/mol. The van der Waals surface area contributed by atoms with E-state index in [-0.39, 0.29) is 35.4 Å². The third kappa shape index (κ3) is 11.9. The maximum absolute atomic E-state index is 14.4. The zero-order chi connectivity index (χ0) is 35.9. The van der Waals surface area contributed by atoms with E-state index in [1.165, 1.54) is 4.90 Å². The Hall–Kier alpha value is -3.44. The smallest absolute Gasteiger partial charge is 0.316 e. The monoisotopic (exact) mass is 660 g/mol. The summed E-state index contributed by atoms with van der Waals surface area (Å²) in [5.74, 6) is -3.14. The van der Waals surface area contributed by atoms with Gasteiger partial charge in [-0.15, -0.1) is 0 Å². The lowest BCUT2D eigenvalue weighted by atomic mass is 9.84. The molecule has 0 unspecified atom stereocenters. The maximum atomic E-state index is 14.4. The van der Waals surface area contributed by atoms with Crippen molar-refractivity contribution in [2.24, 2.45) is 34.3 Å². The van der Waals surface area contributed by atoms with E-state index in [1.807, 2.05) is 41.5 Å². The molecule has 12 nitrogen and oxygen atoms in total. The number of rotatable bonds is 17. The zero-order valence-electron chi connectivity index (χ0n) is 30.3. The number of hydrogen-bond donors (Lipinski definition) is 4. The first-order valence-electron chi connectivity index (χ1n) is 17.2. The molecule has 0 aromatic heterocycles. The van der Waals surface area contributed by atoms with E-state index in [0.717, 1.165) is 38.5 Å². The molecule has 0 aromatic carbocycles. The van der Waals surface area contributed by atoms with Gasteiger partial charge < -0.3 is 31.5 Å². The molecule has 0 bridgehead atoms. The summed E-state index contributed by atoms with van der Waals surface area (Å²) in [6.45, 7) is 17.7. The van der Waals surface area contributed by atoms with Crippen LogP contribution in [0, 0.1) is 28.6 Å². The first kappa shape index (κ1) is 39.7. The molecule has 6 amide bonds. The van der Waals surface area contributed by atoms with Gasteiger partial charge in [0, 0.05) is 20.1 Å². The fourth-order valence-electron chi connectivity index (χ4n) is 5.28. The van der Waals surface area contributed by atoms with Crippen molar-refractivity contribution in [3.05, 3.63) is 11.8 Å². The Kier molecular flexibility index (Phi) is 14.0. The second-order valence-corrected chi connectivity index (χ2v) is 15.7. The number of amides is 6. The highest BCUT2D eigenvalue weighted by Gasteiger charge is 2.40. The molecule has 0 heterocycles. The second kappa shape index (κ2) is 16.6. The largest absolute Gasteiger partial charge is 0.363 e. The molecule has 0 aromatic rings. The number of allylic oxidation sites excluding steroid dienone is 1. The molecule has 2 aliphatic carbocycles. The van der Waals surface area contributed by atoms with Crippen molar-refractivity contribution >= 4 is 35.4 Å². The van der Waals surface area contributed by atoms with Crippen molar-refractivity contribution in [3.8, 4) is 0 Å². The van der Waals surface area contributed by atoms with Crippen LogP contribution in [-0.2, 0) is 24.0 Å². The van der Waals surface area contributed by atoms with Crippen LogP contribution in [0.3, 0.4) is 0 Å². The Labute approximate surface area is 281 Å². The molecule has 2 fully saturated rings. The Bertz CT molecular complexity index is 1200. The van der Waals surface area contributed by atoms with Crippen LogP contribution in [0.2, 0.25) is 0 Å². The molecule has 47 heavy (non-hydrogen) atoms. The van der Waals surface area contributed by atoms with Crippen molar-refractivity contribution in [3.63, 3.8) is 0 Å². The zero-order valence-corrected chi connectivity index (χ0v) is 30.3. The minimum absolute atomic E-state index is 0.0509. The lowest BCUT2D eigenvalue weighted by Crippen LogP contribution is -2.62. The Balaban J connectivity index is 2.34. The molecular weight excluding hydrogens is 600 g/mol. The van der Waals surface area contributed by atoms with E-state index in [9.17, 15) is 28.8 Å². The topological polar surface area (TPSA) is 171 Å². The highest BCUT2D eigenvalue weighted by atomic mass is 16.2. The summed E-state index contributed by atoms with van der Waals surface area (Å²) in [5, 5.41) is 8.20. The van der Waals surface area contributed by atoms with Crippen molar-refractivity contribution in [1.82, 2.24) is 25.8 Å². The number of nitrogens with two attached hydrogens (primary N) is 1. The number of ketones is 1. The number of carbonyl (C=O) groups excluding carboxylic acids is 6. The van der Waals surface area contributed by atoms with Gasteiger partial charge >= 0.3 is 6.03 Å². The molecule has 0 aliphatic heterocycles. The molecule has 2 rings (SSSR count). The van der Waals surface area contributed by atoms with Crippen LogP contribution >= 0.6 is 0 Å². The number of Topliss-reactive ketones (excluding diaryl/α,β-unsaturated/α-hetero) is 1. The number of likely N-dealkylation sites (N-methyl/N-ethyl adjacent to an activating group) is 1. The third-order valence-electron chi connectivity index (χ3n) is 9.61. The maximum Gasteiger partial charge on any atom is 0.316 e. The Morgan fingerprint density at radius 3 is 1.96 bits per heavy atom. The van der Waals surface area contributed by atoms with Crippen LogP contribution in [0.15, 0.2) is 11.8 Å². The number of urea groups is 1. The molecule has 3 atom stereocenters. The van der Waals surface area contributed by atoms with Gasteiger partial charge in [0.15, 0.2) is 0 Å². The van der Waals surface area contributed by atoms with Gasteiger partial charge in [-0.05, 0) is 67.6 Å². The predicted octanol–water partition coefficient (Wildman–Crippen LogP) is 3.49. The van der Waals surface area contributed by atoms with Gasteiger partial charge in [-0.3, -0.25) is 24.0 Å². The highest BCUT2D eigenvalue weighted by molar-refractivity contribution is 6.42. The van der Waals surface area contributed by atoms with Crippen LogP contribution < -0.4 is 21.7 Å². The lowest BCUT2D eigenvalue weighted by Gasteiger charge is -2.39. The minimum atomic E-state index is -1.18. The summed E-state index contributed by atoms with van der Waals surface area (Å²) in [5.41, 5.74) is 4.17. The number of carbonyl (C=O) groups is 6. The van der Waals surface area contributed by atoms with Gasteiger partial charge in [0.25, 0.3) is 11.7 Å². The molecule has 2 saturated carbocycles. The quantitative estimate of drug-likeness (QED) is 0.137. The minimum Gasteiger partial charge on any atom is -0.363 e. The van der Waals surface area contributed by atoms with Crippen molar-refractivity contribution < 1.29 is 28.8 Å². The first-order chi connectivity index (χ1) is 21.7. The molecular formula is C35H60N6O6. The highest BCUT2D eigenvalue weighted by Crippen LogP contribution is 2.30. The number of nitrogens with one attached hydrogen (secondary N) is 3. The van der Waals surface area contributed by atoms with Crippen molar-refractivity contribution in [2.45, 2.75) is 125 Å². The van der Waals surface area contributed by atoms with Crippen molar-refractivity contribution in [2.75, 3.05) is 20.1 Å². The Morgan fingerprint density at radius 2 is 1.51 bits per heavy atom. The van der Waals surface area contributed by atoms with Gasteiger partial charge in [0.2, 0.25) is 17.7 Å². The molecule has 0 spiro atoms. The van der Waals surface area contributed by atoms with Crippen molar-refractivity contribution in [1.29, 1.82) is 0 Å². The van der Waals surface area contributed by atoms with Crippen LogP contribution in [-0.4, -0.2) is 83.5 Å². The van der Waals surface area contributed by atoms with Gasteiger partial charge in [-0.2, -0.15) is 0 Å². The molecule has 2 aliphatic rings. The summed E-state index contributed by atoms with van der Waals surface area (Å²) in [4.78, 5) is 82.2. The molecule has 5 N–H and O–H groups in total. The number of hydrogen-bond acceptors (Lipinski definition) is 6. The second-order valence-electron chi connectivity index (χ2n) is 15.7. The standard InChI is InChI=1S/C35H60N6O6/c1-11-35(8,9)17-18-41(22(4)30(44)37-25(27(42)29(36)43)19-23-13-12-14-23)32(46)28(34(5,6)7)39-33(47)38-26(21(2)3)31(45)40(10)20-24-15-16-24/h19,21-24,26,28H,11-18,20H2,1-10H3,(H2,36,43)(H,37,44)(H2,38,39,47)/b25-19+/t22-,26-,28+/m0/s1. The molecule has 0 radical (unpaired) electrons. The van der Waals surface area contributed by atoms with Gasteiger partial charge in [0.05, 0.1) is 5.70 Å². The summed E-state index contributed by atoms with van der Waals surface area (Å²) >= 11 is 0.